The Bertz CT molecular complexity index is 821. The molecule has 0 spiro atoms. The highest BCUT2D eigenvalue weighted by Crippen LogP contribution is 2.45. The molecule has 2 saturated heterocycles. The second-order valence-electron chi connectivity index (χ2n) is 8.09. The van der Waals surface area contributed by atoms with Crippen LogP contribution in [0.5, 0.6) is 0 Å². The smallest absolute Gasteiger partial charge is 0.222 e. The molecule has 4 nitrogen and oxygen atoms in total. The largest absolute Gasteiger partial charge is 0.342 e. The Hall–Kier alpha value is -2.62. The van der Waals surface area contributed by atoms with Gasteiger partial charge in [0, 0.05) is 44.8 Å². The maximum Gasteiger partial charge on any atom is 0.222 e. The minimum Gasteiger partial charge on any atom is -0.342 e. The number of amides is 2. The third kappa shape index (κ3) is 3.82. The Morgan fingerprint density at radius 3 is 2.29 bits per heavy atom. The van der Waals surface area contributed by atoms with E-state index in [0.717, 1.165) is 32.5 Å². The highest BCUT2D eigenvalue weighted by Gasteiger charge is 2.49. The molecule has 2 aromatic rings. The third-order valence-corrected chi connectivity index (χ3v) is 6.26. The SMILES string of the molecule is CC(=O)N1C[C@H]2CN(C(=O)CCCc3ccccc3)C[C@H]2[C@@H]1c1ccccc1. The molecule has 0 aromatic heterocycles. The molecule has 2 fully saturated rings. The molecular weight excluding hydrogens is 348 g/mol. The summed E-state index contributed by atoms with van der Waals surface area (Å²) in [6.45, 7) is 3.96. The molecule has 4 heteroatoms. The number of nitrogens with zero attached hydrogens (tertiary/aromatic N) is 2. The molecule has 2 amide bonds. The molecule has 2 heterocycles. The van der Waals surface area contributed by atoms with E-state index in [1.165, 1.54) is 11.1 Å². The van der Waals surface area contributed by atoms with Crippen LogP contribution in [0.15, 0.2) is 60.7 Å². The monoisotopic (exact) mass is 376 g/mol. The first kappa shape index (κ1) is 18.7. The van der Waals surface area contributed by atoms with Gasteiger partial charge in [0.1, 0.15) is 0 Å². The van der Waals surface area contributed by atoms with Crippen LogP contribution in [-0.2, 0) is 16.0 Å². The number of likely N-dealkylation sites (tertiary alicyclic amines) is 2. The van der Waals surface area contributed by atoms with Crippen LogP contribution >= 0.6 is 0 Å². The highest BCUT2D eigenvalue weighted by molar-refractivity contribution is 5.77. The zero-order chi connectivity index (χ0) is 19.5. The zero-order valence-corrected chi connectivity index (χ0v) is 16.5. The van der Waals surface area contributed by atoms with Gasteiger partial charge in [-0.2, -0.15) is 0 Å². The van der Waals surface area contributed by atoms with Crippen molar-refractivity contribution in [2.75, 3.05) is 19.6 Å². The maximum atomic E-state index is 12.8. The minimum atomic E-state index is 0.0887. The molecule has 0 N–H and O–H groups in total. The van der Waals surface area contributed by atoms with Crippen molar-refractivity contribution in [2.45, 2.75) is 32.2 Å². The fraction of sp³-hybridized carbons (Fsp3) is 0.417. The molecule has 0 saturated carbocycles. The summed E-state index contributed by atoms with van der Waals surface area (Å²) in [7, 11) is 0. The van der Waals surface area contributed by atoms with E-state index in [-0.39, 0.29) is 17.9 Å². The van der Waals surface area contributed by atoms with Gasteiger partial charge in [0.25, 0.3) is 0 Å². The van der Waals surface area contributed by atoms with Gasteiger partial charge in [0.15, 0.2) is 0 Å². The van der Waals surface area contributed by atoms with Crippen LogP contribution in [0.3, 0.4) is 0 Å². The molecule has 0 aliphatic carbocycles. The Morgan fingerprint density at radius 2 is 1.61 bits per heavy atom. The van der Waals surface area contributed by atoms with Crippen LogP contribution in [0.2, 0.25) is 0 Å². The fourth-order valence-electron chi connectivity index (χ4n) is 4.90. The number of fused-ring (bicyclic) bond motifs is 1. The van der Waals surface area contributed by atoms with Crippen molar-refractivity contribution >= 4 is 11.8 Å². The Balaban J connectivity index is 1.38. The Labute approximate surface area is 167 Å². The summed E-state index contributed by atoms with van der Waals surface area (Å²) in [6.07, 6.45) is 2.43. The van der Waals surface area contributed by atoms with Crippen molar-refractivity contribution < 1.29 is 9.59 Å². The lowest BCUT2D eigenvalue weighted by atomic mass is 9.89. The first-order valence-electron chi connectivity index (χ1n) is 10.3. The normalized spacial score (nSPS) is 23.7. The Morgan fingerprint density at radius 1 is 0.929 bits per heavy atom. The van der Waals surface area contributed by atoms with Gasteiger partial charge in [-0.1, -0.05) is 60.7 Å². The first-order valence-corrected chi connectivity index (χ1v) is 10.3. The first-order chi connectivity index (χ1) is 13.6. The van der Waals surface area contributed by atoms with E-state index in [0.29, 0.717) is 18.3 Å². The molecule has 2 aliphatic rings. The van der Waals surface area contributed by atoms with Crippen LogP contribution < -0.4 is 0 Å². The van der Waals surface area contributed by atoms with E-state index >= 15 is 0 Å². The predicted octanol–water partition coefficient (Wildman–Crippen LogP) is 3.69. The van der Waals surface area contributed by atoms with Crippen LogP contribution in [0.25, 0.3) is 0 Å². The number of hydrogen-bond donors (Lipinski definition) is 0. The number of carbonyl (C=O) groups is 2. The zero-order valence-electron chi connectivity index (χ0n) is 16.5. The van der Waals surface area contributed by atoms with Gasteiger partial charge in [-0.3, -0.25) is 9.59 Å². The van der Waals surface area contributed by atoms with Crippen LogP contribution in [0.1, 0.15) is 36.9 Å². The predicted molar refractivity (Wildman–Crippen MR) is 110 cm³/mol. The number of aryl methyl sites for hydroxylation is 1. The minimum absolute atomic E-state index is 0.0887. The number of carbonyl (C=O) groups excluding carboxylic acids is 2. The number of rotatable bonds is 5. The summed E-state index contributed by atoms with van der Waals surface area (Å²) in [5.74, 6) is 1.10. The second kappa shape index (κ2) is 8.17. The Kier molecular flexibility index (Phi) is 5.47. The molecule has 28 heavy (non-hydrogen) atoms. The molecule has 2 aliphatic heterocycles. The van der Waals surface area contributed by atoms with Gasteiger partial charge in [-0.05, 0) is 24.0 Å². The maximum absolute atomic E-state index is 12.8. The van der Waals surface area contributed by atoms with Gasteiger partial charge in [-0.25, -0.2) is 0 Å². The average molecular weight is 377 g/mol. The summed E-state index contributed by atoms with van der Waals surface area (Å²) >= 11 is 0. The van der Waals surface area contributed by atoms with Crippen molar-refractivity contribution in [3.05, 3.63) is 71.8 Å². The van der Waals surface area contributed by atoms with Crippen molar-refractivity contribution in [3.63, 3.8) is 0 Å². The summed E-state index contributed by atoms with van der Waals surface area (Å²) in [5, 5.41) is 0. The summed E-state index contributed by atoms with van der Waals surface area (Å²) < 4.78 is 0. The van der Waals surface area contributed by atoms with E-state index in [1.807, 2.05) is 46.2 Å². The van der Waals surface area contributed by atoms with E-state index in [2.05, 4.69) is 24.3 Å². The lowest BCUT2D eigenvalue weighted by Gasteiger charge is -2.29. The third-order valence-electron chi connectivity index (χ3n) is 6.26. The molecule has 4 rings (SSSR count). The molecular formula is C24H28N2O2. The lowest BCUT2D eigenvalue weighted by molar-refractivity contribution is -0.131. The number of hydrogen-bond acceptors (Lipinski definition) is 2. The molecule has 0 radical (unpaired) electrons. The van der Waals surface area contributed by atoms with Gasteiger partial charge in [0.05, 0.1) is 6.04 Å². The molecule has 0 unspecified atom stereocenters. The summed E-state index contributed by atoms with van der Waals surface area (Å²) in [5.41, 5.74) is 2.47. The molecule has 146 valence electrons. The summed E-state index contributed by atoms with van der Waals surface area (Å²) in [6, 6.07) is 20.7. The van der Waals surface area contributed by atoms with E-state index in [9.17, 15) is 9.59 Å². The quantitative estimate of drug-likeness (QED) is 0.799. The van der Waals surface area contributed by atoms with E-state index in [4.69, 9.17) is 0 Å². The van der Waals surface area contributed by atoms with Crippen molar-refractivity contribution in [2.24, 2.45) is 11.8 Å². The highest BCUT2D eigenvalue weighted by atomic mass is 16.2. The molecule has 3 atom stereocenters. The molecule has 2 aromatic carbocycles. The van der Waals surface area contributed by atoms with Gasteiger partial charge in [-0.15, -0.1) is 0 Å². The van der Waals surface area contributed by atoms with Crippen LogP contribution in [0, 0.1) is 11.8 Å². The molecule has 0 bridgehead atoms. The van der Waals surface area contributed by atoms with Gasteiger partial charge in [0.2, 0.25) is 11.8 Å². The van der Waals surface area contributed by atoms with Crippen molar-refractivity contribution in [1.82, 2.24) is 9.80 Å². The van der Waals surface area contributed by atoms with Crippen molar-refractivity contribution in [1.29, 1.82) is 0 Å². The lowest BCUT2D eigenvalue weighted by Crippen LogP contribution is -2.36. The average Bonchev–Trinajstić information content (AvgIpc) is 3.27. The van der Waals surface area contributed by atoms with E-state index in [1.54, 1.807) is 6.92 Å². The van der Waals surface area contributed by atoms with Gasteiger partial charge >= 0.3 is 0 Å². The standard InChI is InChI=1S/C24H28N2O2/c1-18(27)26-16-21-15-25(17-22(21)24(26)20-12-6-3-7-13-20)23(28)14-8-11-19-9-4-2-5-10-19/h2-7,9-10,12-13,21-22,24H,8,11,14-17H2,1H3/t21-,22-,24+/m1/s1. The fourth-order valence-corrected chi connectivity index (χ4v) is 4.90. The van der Waals surface area contributed by atoms with Crippen LogP contribution in [-0.4, -0.2) is 41.2 Å². The second-order valence-corrected chi connectivity index (χ2v) is 8.09. The number of benzene rings is 2. The van der Waals surface area contributed by atoms with Gasteiger partial charge < -0.3 is 9.80 Å². The van der Waals surface area contributed by atoms with Crippen LogP contribution in [0.4, 0.5) is 0 Å². The topological polar surface area (TPSA) is 40.6 Å². The van der Waals surface area contributed by atoms with E-state index < -0.39 is 0 Å². The summed E-state index contributed by atoms with van der Waals surface area (Å²) in [4.78, 5) is 29.0. The van der Waals surface area contributed by atoms with Crippen molar-refractivity contribution in [3.8, 4) is 0 Å².